The van der Waals surface area contributed by atoms with E-state index in [1.165, 1.54) is 0 Å². The lowest BCUT2D eigenvalue weighted by atomic mass is 9.90. The Hall–Kier alpha value is -2.97. The summed E-state index contributed by atoms with van der Waals surface area (Å²) in [5, 5.41) is 12.1. The van der Waals surface area contributed by atoms with Gasteiger partial charge in [0.25, 0.3) is 5.91 Å². The molecule has 0 bridgehead atoms. The number of nitriles is 1. The van der Waals surface area contributed by atoms with E-state index in [0.29, 0.717) is 41.0 Å². The fraction of sp³-hybridized carbons (Fsp3) is 0.238. The molecule has 0 spiro atoms. The Balaban J connectivity index is 1.73. The maximum atomic E-state index is 12.8. The van der Waals surface area contributed by atoms with Crippen molar-refractivity contribution in [3.05, 3.63) is 75.4 Å². The molecule has 1 heterocycles. The lowest BCUT2D eigenvalue weighted by Gasteiger charge is -2.39. The second kappa shape index (κ2) is 7.73. The molecule has 3 N–H and O–H groups in total. The Morgan fingerprint density at radius 1 is 1.26 bits per heavy atom. The Kier molecular flexibility index (Phi) is 5.38. The van der Waals surface area contributed by atoms with Crippen LogP contribution in [0, 0.1) is 18.3 Å². The van der Waals surface area contributed by atoms with E-state index in [4.69, 9.17) is 22.6 Å². The second-order valence-electron chi connectivity index (χ2n) is 6.65. The zero-order chi connectivity index (χ0) is 19.6. The number of nitrogens with one attached hydrogen (secondary N) is 1. The van der Waals surface area contributed by atoms with Crippen LogP contribution >= 0.6 is 11.6 Å². The summed E-state index contributed by atoms with van der Waals surface area (Å²) in [4.78, 5) is 14.6. The maximum Gasteiger partial charge on any atom is 0.253 e. The van der Waals surface area contributed by atoms with Gasteiger partial charge in [-0.2, -0.15) is 5.26 Å². The molecule has 6 heteroatoms. The molecule has 0 radical (unpaired) electrons. The molecule has 1 amide bonds. The molecule has 0 aliphatic carbocycles. The number of hydrogen-bond acceptors (Lipinski definition) is 4. The number of aryl methyl sites for hydroxylation is 1. The van der Waals surface area contributed by atoms with Crippen LogP contribution in [0.2, 0.25) is 0 Å². The number of halogens is 1. The monoisotopic (exact) mass is 380 g/mol. The van der Waals surface area contributed by atoms with Gasteiger partial charge in [-0.25, -0.2) is 0 Å². The Morgan fingerprint density at radius 2 is 1.93 bits per heavy atom. The molecule has 2 aromatic rings. The first kappa shape index (κ1) is 18.8. The van der Waals surface area contributed by atoms with Crippen molar-refractivity contribution in [2.45, 2.75) is 12.8 Å². The van der Waals surface area contributed by atoms with E-state index in [9.17, 15) is 4.79 Å². The highest BCUT2D eigenvalue weighted by atomic mass is 35.5. The fourth-order valence-electron chi connectivity index (χ4n) is 3.17. The van der Waals surface area contributed by atoms with Gasteiger partial charge in [0.1, 0.15) is 5.16 Å². The van der Waals surface area contributed by atoms with Gasteiger partial charge in [0, 0.05) is 37.2 Å². The van der Waals surface area contributed by atoms with Crippen LogP contribution in [0.3, 0.4) is 0 Å². The van der Waals surface area contributed by atoms with Crippen molar-refractivity contribution in [2.75, 3.05) is 20.1 Å². The van der Waals surface area contributed by atoms with Gasteiger partial charge < -0.3 is 16.0 Å². The first-order chi connectivity index (χ1) is 12.9. The van der Waals surface area contributed by atoms with Crippen molar-refractivity contribution >= 4 is 23.2 Å². The van der Waals surface area contributed by atoms with Crippen molar-refractivity contribution in [1.82, 2.24) is 10.2 Å². The van der Waals surface area contributed by atoms with Crippen molar-refractivity contribution < 1.29 is 4.79 Å². The predicted octanol–water partition coefficient (Wildman–Crippen LogP) is 3.15. The molecule has 1 aliphatic heterocycles. The molecule has 27 heavy (non-hydrogen) atoms. The summed E-state index contributed by atoms with van der Waals surface area (Å²) in [6.45, 7) is 3.26. The summed E-state index contributed by atoms with van der Waals surface area (Å²) in [5.74, 6) is 0.282. The number of rotatable bonds is 4. The molecule has 3 rings (SSSR count). The smallest absolute Gasteiger partial charge is 0.253 e. The van der Waals surface area contributed by atoms with Gasteiger partial charge in [0.05, 0.1) is 17.3 Å². The highest BCUT2D eigenvalue weighted by Gasteiger charge is 2.32. The van der Waals surface area contributed by atoms with E-state index >= 15 is 0 Å². The minimum atomic E-state index is -0.0190. The largest absolute Gasteiger partial charge is 0.396 e. The van der Waals surface area contributed by atoms with Gasteiger partial charge in [-0.1, -0.05) is 29.8 Å². The molecule has 0 aromatic heterocycles. The first-order valence-corrected chi connectivity index (χ1v) is 9.05. The predicted molar refractivity (Wildman–Crippen MR) is 107 cm³/mol. The first-order valence-electron chi connectivity index (χ1n) is 8.68. The number of nitrogens with zero attached hydrogens (tertiary/aromatic N) is 2. The number of carbonyl (C=O) groups is 1. The molecule has 1 saturated heterocycles. The summed E-state index contributed by atoms with van der Waals surface area (Å²) in [6.07, 6.45) is 0. The van der Waals surface area contributed by atoms with Gasteiger partial charge in [-0.3, -0.25) is 4.79 Å². The molecular formula is C21H21ClN4O. The van der Waals surface area contributed by atoms with E-state index in [1.807, 2.05) is 48.2 Å². The summed E-state index contributed by atoms with van der Waals surface area (Å²) in [7, 11) is 1.70. The summed E-state index contributed by atoms with van der Waals surface area (Å²) >= 11 is 6.09. The topological polar surface area (TPSA) is 82.2 Å². The van der Waals surface area contributed by atoms with E-state index < -0.39 is 0 Å². The Morgan fingerprint density at radius 3 is 2.52 bits per heavy atom. The SMILES string of the molecule is CN/C(Cl)=C(\N)c1cc(C(=O)N2CC(c3ccc(C#N)cc3)C2)ccc1C. The second-order valence-corrected chi connectivity index (χ2v) is 7.03. The maximum absolute atomic E-state index is 12.8. The summed E-state index contributed by atoms with van der Waals surface area (Å²) < 4.78 is 0. The lowest BCUT2D eigenvalue weighted by molar-refractivity contribution is 0.0602. The third kappa shape index (κ3) is 3.76. The van der Waals surface area contributed by atoms with Crippen LogP contribution in [-0.2, 0) is 0 Å². The molecule has 138 valence electrons. The van der Waals surface area contributed by atoms with Crippen LogP contribution in [-0.4, -0.2) is 30.9 Å². The molecule has 0 atom stereocenters. The van der Waals surface area contributed by atoms with E-state index in [0.717, 1.165) is 16.7 Å². The molecule has 0 unspecified atom stereocenters. The van der Waals surface area contributed by atoms with Crippen LogP contribution in [0.15, 0.2) is 47.6 Å². The lowest BCUT2D eigenvalue weighted by Crippen LogP contribution is -2.48. The van der Waals surface area contributed by atoms with Gasteiger partial charge in [-0.15, -0.1) is 0 Å². The Labute approximate surface area is 164 Å². The number of benzene rings is 2. The molecule has 1 aliphatic rings. The van der Waals surface area contributed by atoms with Gasteiger partial charge in [0.15, 0.2) is 0 Å². The summed E-state index contributed by atoms with van der Waals surface area (Å²) in [6, 6.07) is 15.1. The van der Waals surface area contributed by atoms with Crippen LogP contribution in [0.1, 0.15) is 38.5 Å². The average molecular weight is 381 g/mol. The van der Waals surface area contributed by atoms with Crippen LogP contribution in [0.5, 0.6) is 0 Å². The molecule has 5 nitrogen and oxygen atoms in total. The molecular weight excluding hydrogens is 360 g/mol. The fourth-order valence-corrected chi connectivity index (χ4v) is 3.27. The van der Waals surface area contributed by atoms with Gasteiger partial charge >= 0.3 is 0 Å². The average Bonchev–Trinajstić information content (AvgIpc) is 2.66. The highest BCUT2D eigenvalue weighted by molar-refractivity contribution is 6.32. The standard InChI is InChI=1S/C21H21ClN4O/c1-13-3-6-16(9-18(13)19(24)20(22)25-2)21(27)26-11-17(12-26)15-7-4-14(10-23)5-8-15/h3-9,17,25H,11-12,24H2,1-2H3/b20-19-. The van der Waals surface area contributed by atoms with Gasteiger partial charge in [-0.05, 0) is 42.3 Å². The highest BCUT2D eigenvalue weighted by Crippen LogP contribution is 2.29. The van der Waals surface area contributed by atoms with E-state index in [-0.39, 0.29) is 5.91 Å². The van der Waals surface area contributed by atoms with Crippen LogP contribution in [0.4, 0.5) is 0 Å². The van der Waals surface area contributed by atoms with Crippen molar-refractivity contribution in [2.24, 2.45) is 5.73 Å². The number of nitrogens with two attached hydrogens (primary N) is 1. The third-order valence-corrected chi connectivity index (χ3v) is 5.30. The quantitative estimate of drug-likeness (QED) is 0.798. The number of hydrogen-bond donors (Lipinski definition) is 2. The third-order valence-electron chi connectivity index (χ3n) is 4.91. The van der Waals surface area contributed by atoms with Crippen molar-refractivity contribution in [1.29, 1.82) is 5.26 Å². The number of likely N-dealkylation sites (tertiary alicyclic amines) is 1. The zero-order valence-corrected chi connectivity index (χ0v) is 16.0. The Bertz CT molecular complexity index is 938. The minimum Gasteiger partial charge on any atom is -0.396 e. The normalized spacial score (nSPS) is 14.8. The summed E-state index contributed by atoms with van der Waals surface area (Å²) in [5.41, 5.74) is 10.6. The van der Waals surface area contributed by atoms with Gasteiger partial charge in [0.2, 0.25) is 0 Å². The molecule has 2 aromatic carbocycles. The number of amides is 1. The van der Waals surface area contributed by atoms with Crippen molar-refractivity contribution in [3.8, 4) is 6.07 Å². The number of carbonyl (C=O) groups excluding carboxylic acids is 1. The van der Waals surface area contributed by atoms with E-state index in [2.05, 4.69) is 11.4 Å². The minimum absolute atomic E-state index is 0.0190. The van der Waals surface area contributed by atoms with Crippen LogP contribution < -0.4 is 11.1 Å². The zero-order valence-electron chi connectivity index (χ0n) is 15.3. The van der Waals surface area contributed by atoms with Crippen molar-refractivity contribution in [3.63, 3.8) is 0 Å². The molecule has 1 fully saturated rings. The van der Waals surface area contributed by atoms with Crippen LogP contribution in [0.25, 0.3) is 5.70 Å². The molecule has 0 saturated carbocycles. The van der Waals surface area contributed by atoms with E-state index in [1.54, 1.807) is 13.1 Å².